The van der Waals surface area contributed by atoms with Crippen molar-refractivity contribution in [3.63, 3.8) is 0 Å². The van der Waals surface area contributed by atoms with Crippen molar-refractivity contribution in [1.82, 2.24) is 10.2 Å². The summed E-state index contributed by atoms with van der Waals surface area (Å²) < 4.78 is 27.9. The molecule has 0 spiro atoms. The van der Waals surface area contributed by atoms with Crippen LogP contribution in [0.5, 0.6) is 0 Å². The van der Waals surface area contributed by atoms with Gasteiger partial charge in [0.25, 0.3) is 10.0 Å². The number of hydrogen-bond donors (Lipinski definition) is 1. The van der Waals surface area contributed by atoms with Crippen molar-refractivity contribution in [3.05, 3.63) is 71.8 Å². The van der Waals surface area contributed by atoms with Crippen molar-refractivity contribution in [2.75, 3.05) is 17.4 Å². The van der Waals surface area contributed by atoms with Gasteiger partial charge in [0.1, 0.15) is 6.04 Å². The van der Waals surface area contributed by atoms with Gasteiger partial charge in [-0.3, -0.25) is 13.9 Å². The molecule has 1 atom stereocenters. The molecule has 0 aliphatic carbocycles. The molecule has 0 saturated carbocycles. The molecule has 1 unspecified atom stereocenters. The van der Waals surface area contributed by atoms with Crippen LogP contribution in [0.15, 0.2) is 65.6 Å². The molecular weight excluding hydrogens is 486 g/mol. The molecule has 196 valence electrons. The van der Waals surface area contributed by atoms with Crippen molar-refractivity contribution < 1.29 is 18.0 Å². The molecule has 0 aromatic heterocycles. The average molecular weight is 522 g/mol. The van der Waals surface area contributed by atoms with E-state index in [-0.39, 0.29) is 24.8 Å². The first-order chi connectivity index (χ1) is 17.6. The number of sulfonamides is 1. The second-order valence-electron chi connectivity index (χ2n) is 10.1. The van der Waals surface area contributed by atoms with E-state index in [1.165, 1.54) is 4.31 Å². The van der Waals surface area contributed by atoms with Gasteiger partial charge in [0.2, 0.25) is 11.8 Å². The highest BCUT2D eigenvalue weighted by molar-refractivity contribution is 7.93. The van der Waals surface area contributed by atoms with Gasteiger partial charge < -0.3 is 10.2 Å². The van der Waals surface area contributed by atoms with Gasteiger partial charge in [-0.15, -0.1) is 0 Å². The van der Waals surface area contributed by atoms with Crippen LogP contribution in [-0.2, 0) is 26.2 Å². The van der Waals surface area contributed by atoms with E-state index < -0.39 is 16.1 Å². The zero-order valence-electron chi connectivity index (χ0n) is 21.9. The summed E-state index contributed by atoms with van der Waals surface area (Å²) in [5, 5.41) is 4.53. The lowest BCUT2D eigenvalue weighted by Crippen LogP contribution is -2.48. The van der Waals surface area contributed by atoms with Crippen molar-refractivity contribution in [1.29, 1.82) is 0 Å². The Kier molecular flexibility index (Phi) is 7.87. The molecule has 8 heteroatoms. The maximum Gasteiger partial charge on any atom is 0.265 e. The summed E-state index contributed by atoms with van der Waals surface area (Å²) in [6.07, 6.45) is 0.471. The van der Waals surface area contributed by atoms with E-state index in [0.717, 1.165) is 21.9 Å². The highest BCUT2D eigenvalue weighted by Crippen LogP contribution is 2.42. The predicted octanol–water partition coefficient (Wildman–Crippen LogP) is 4.63. The third-order valence-corrected chi connectivity index (χ3v) is 8.61. The molecule has 3 aromatic carbocycles. The molecule has 4 rings (SSSR count). The van der Waals surface area contributed by atoms with E-state index in [2.05, 4.69) is 5.32 Å². The average Bonchev–Trinajstić information content (AvgIpc) is 3.09. The van der Waals surface area contributed by atoms with Gasteiger partial charge in [-0.05, 0) is 49.3 Å². The summed E-state index contributed by atoms with van der Waals surface area (Å²) in [6, 6.07) is 18.1. The Balaban J connectivity index is 1.48. The predicted molar refractivity (Wildman–Crippen MR) is 147 cm³/mol. The van der Waals surface area contributed by atoms with E-state index >= 15 is 0 Å². The van der Waals surface area contributed by atoms with Crippen LogP contribution < -0.4 is 9.62 Å². The minimum Gasteiger partial charge on any atom is -0.354 e. The molecule has 1 N–H and O–H groups in total. The minimum atomic E-state index is -3.67. The van der Waals surface area contributed by atoms with Crippen LogP contribution >= 0.6 is 0 Å². The normalized spacial score (nSPS) is 14.7. The first kappa shape index (κ1) is 26.7. The fourth-order valence-electron chi connectivity index (χ4n) is 4.64. The van der Waals surface area contributed by atoms with Crippen molar-refractivity contribution in [2.24, 2.45) is 5.92 Å². The molecule has 7 nitrogen and oxygen atoms in total. The number of benzene rings is 3. The summed E-state index contributed by atoms with van der Waals surface area (Å²) in [6.45, 7) is 8.81. The van der Waals surface area contributed by atoms with E-state index in [0.29, 0.717) is 36.0 Å². The molecule has 0 bridgehead atoms. The van der Waals surface area contributed by atoms with Crippen LogP contribution in [0.2, 0.25) is 0 Å². The summed E-state index contributed by atoms with van der Waals surface area (Å²) in [5.74, 6) is -0.0770. The van der Waals surface area contributed by atoms with Crippen molar-refractivity contribution in [2.45, 2.75) is 58.0 Å². The van der Waals surface area contributed by atoms with Crippen LogP contribution in [0.3, 0.4) is 0 Å². The highest BCUT2D eigenvalue weighted by atomic mass is 32.2. The Morgan fingerprint density at radius 2 is 1.65 bits per heavy atom. The van der Waals surface area contributed by atoms with E-state index in [1.54, 1.807) is 24.0 Å². The van der Waals surface area contributed by atoms with Crippen LogP contribution in [0, 0.1) is 12.8 Å². The van der Waals surface area contributed by atoms with Gasteiger partial charge in [-0.25, -0.2) is 8.42 Å². The minimum absolute atomic E-state index is 0.131. The summed E-state index contributed by atoms with van der Waals surface area (Å²) in [5.41, 5.74) is 2.71. The number of hydrogen-bond acceptors (Lipinski definition) is 4. The summed E-state index contributed by atoms with van der Waals surface area (Å²) in [7, 11) is -3.67. The smallest absolute Gasteiger partial charge is 0.265 e. The Labute approximate surface area is 219 Å². The number of rotatable bonds is 10. The first-order valence-electron chi connectivity index (χ1n) is 12.8. The van der Waals surface area contributed by atoms with Crippen LogP contribution in [0.1, 0.15) is 44.7 Å². The second-order valence-corrected chi connectivity index (χ2v) is 12.0. The number of amides is 2. The molecule has 3 aromatic rings. The molecule has 0 fully saturated rings. The number of aryl methyl sites for hydroxylation is 1. The van der Waals surface area contributed by atoms with Gasteiger partial charge in [-0.1, -0.05) is 67.9 Å². The Bertz CT molecular complexity index is 1400. The molecule has 2 amide bonds. The van der Waals surface area contributed by atoms with Crippen LogP contribution in [0.25, 0.3) is 10.8 Å². The Morgan fingerprint density at radius 1 is 0.973 bits per heavy atom. The SMILES string of the molecule is Cc1ccc(CN(C(=O)CCCN2c3cccc4cccc(c34)S2(=O)=O)C(C)C(=O)NCC(C)C)cc1. The number of anilines is 1. The number of carbonyl (C=O) groups is 2. The lowest BCUT2D eigenvalue weighted by Gasteiger charge is -2.29. The zero-order chi connectivity index (χ0) is 26.7. The highest BCUT2D eigenvalue weighted by Gasteiger charge is 2.35. The fourth-order valence-corrected chi connectivity index (χ4v) is 6.39. The van der Waals surface area contributed by atoms with E-state index in [9.17, 15) is 18.0 Å². The fraction of sp³-hybridized carbons (Fsp3) is 0.379. The van der Waals surface area contributed by atoms with Gasteiger partial charge in [-0.2, -0.15) is 0 Å². The second kappa shape index (κ2) is 10.9. The molecule has 0 saturated heterocycles. The maximum absolute atomic E-state index is 13.4. The Hall–Kier alpha value is -3.39. The van der Waals surface area contributed by atoms with Gasteiger partial charge in [0.15, 0.2) is 0 Å². The van der Waals surface area contributed by atoms with Crippen LogP contribution in [0.4, 0.5) is 5.69 Å². The molecule has 1 aliphatic heterocycles. The standard InChI is InChI=1S/C29H35N3O4S/c1-20(2)18-30-29(34)22(4)31(19-23-15-13-21(3)14-16-23)27(33)12-7-17-32-25-10-5-8-24-9-6-11-26(28(24)25)37(32,35)36/h5-6,8-11,13-16,20,22H,7,12,17-19H2,1-4H3,(H,30,34). The molecule has 37 heavy (non-hydrogen) atoms. The summed E-state index contributed by atoms with van der Waals surface area (Å²) in [4.78, 5) is 28.2. The van der Waals surface area contributed by atoms with E-state index in [4.69, 9.17) is 0 Å². The molecule has 0 radical (unpaired) electrons. The number of nitrogens with one attached hydrogen (secondary N) is 1. The van der Waals surface area contributed by atoms with Crippen molar-refractivity contribution >= 4 is 38.3 Å². The number of nitrogens with zero attached hydrogens (tertiary/aromatic N) is 2. The quantitative estimate of drug-likeness (QED) is 0.422. The van der Waals surface area contributed by atoms with E-state index in [1.807, 2.05) is 69.3 Å². The third kappa shape index (κ3) is 5.64. The summed E-state index contributed by atoms with van der Waals surface area (Å²) >= 11 is 0. The van der Waals surface area contributed by atoms with Crippen molar-refractivity contribution in [3.8, 4) is 0 Å². The maximum atomic E-state index is 13.4. The van der Waals surface area contributed by atoms with Gasteiger partial charge in [0, 0.05) is 31.4 Å². The van der Waals surface area contributed by atoms with Crippen LogP contribution in [-0.4, -0.2) is 44.3 Å². The lowest BCUT2D eigenvalue weighted by molar-refractivity contribution is -0.140. The number of carbonyl (C=O) groups excluding carboxylic acids is 2. The molecule has 1 aliphatic rings. The zero-order valence-corrected chi connectivity index (χ0v) is 22.7. The monoisotopic (exact) mass is 521 g/mol. The Morgan fingerprint density at radius 3 is 2.32 bits per heavy atom. The first-order valence-corrected chi connectivity index (χ1v) is 14.2. The van der Waals surface area contributed by atoms with Gasteiger partial charge >= 0.3 is 0 Å². The van der Waals surface area contributed by atoms with Gasteiger partial charge in [0.05, 0.1) is 10.6 Å². The topological polar surface area (TPSA) is 86.8 Å². The lowest BCUT2D eigenvalue weighted by atomic mass is 10.1. The molecule has 1 heterocycles. The third-order valence-electron chi connectivity index (χ3n) is 6.76. The largest absolute Gasteiger partial charge is 0.354 e. The molecular formula is C29H35N3O4S.